The monoisotopic (exact) mass is 530 g/mol. The number of aromatic nitrogens is 1. The van der Waals surface area contributed by atoms with Crippen LogP contribution in [0.25, 0.3) is 0 Å². The minimum atomic E-state index is -0.504. The maximum absolute atomic E-state index is 13.0. The molecule has 2 aromatic rings. The molecule has 1 aromatic heterocycles. The first kappa shape index (κ1) is 25.4. The van der Waals surface area contributed by atoms with Gasteiger partial charge in [0, 0.05) is 38.1 Å². The lowest BCUT2D eigenvalue weighted by Gasteiger charge is -2.55. The van der Waals surface area contributed by atoms with Gasteiger partial charge >= 0.3 is 6.09 Å². The van der Waals surface area contributed by atoms with Gasteiger partial charge in [0.15, 0.2) is 0 Å². The summed E-state index contributed by atoms with van der Waals surface area (Å²) in [6.07, 6.45) is 4.67. The molecule has 2 atom stereocenters. The molecule has 4 bridgehead atoms. The van der Waals surface area contributed by atoms with Gasteiger partial charge in [-0.15, -0.1) is 0 Å². The Kier molecular flexibility index (Phi) is 6.28. The van der Waals surface area contributed by atoms with Gasteiger partial charge in [-0.05, 0) is 81.1 Å². The normalized spacial score (nSPS) is 24.7. The Morgan fingerprint density at radius 3 is 2.74 bits per heavy atom. The van der Waals surface area contributed by atoms with Crippen molar-refractivity contribution in [3.63, 3.8) is 0 Å². The number of carbonyl (C=O) groups is 1. The molecule has 2 fully saturated rings. The van der Waals surface area contributed by atoms with E-state index in [-0.39, 0.29) is 11.5 Å². The lowest BCUT2D eigenvalue weighted by atomic mass is 9.52. The summed E-state index contributed by atoms with van der Waals surface area (Å²) >= 11 is 6.74. The number of ether oxygens (including phenoxy) is 1. The smallest absolute Gasteiger partial charge is 0.410 e. The number of amides is 1. The zero-order chi connectivity index (χ0) is 26.7. The Bertz CT molecular complexity index is 1360. The number of carbonyl (C=O) groups excluding carboxylic acids is 1. The van der Waals surface area contributed by atoms with E-state index in [1.54, 1.807) is 0 Å². The van der Waals surface area contributed by atoms with Crippen LogP contribution in [-0.4, -0.2) is 46.1 Å². The van der Waals surface area contributed by atoms with Crippen LogP contribution in [0.1, 0.15) is 74.4 Å². The van der Waals surface area contributed by atoms with Gasteiger partial charge in [0.1, 0.15) is 16.8 Å². The Morgan fingerprint density at radius 2 is 2.00 bits per heavy atom. The van der Waals surface area contributed by atoms with E-state index in [4.69, 9.17) is 21.3 Å². The predicted octanol–water partition coefficient (Wildman–Crippen LogP) is 6.15. The maximum atomic E-state index is 13.0. The van der Waals surface area contributed by atoms with E-state index in [1.165, 1.54) is 22.3 Å². The second-order valence-electron chi connectivity index (χ2n) is 12.5. The molecule has 6 aliphatic rings. The molecule has 5 heterocycles. The summed E-state index contributed by atoms with van der Waals surface area (Å²) in [4.78, 5) is 22.2. The average Bonchev–Trinajstić information content (AvgIpc) is 2.83. The minimum absolute atomic E-state index is 0.110. The lowest BCUT2D eigenvalue weighted by Crippen LogP contribution is -2.53. The topological polar surface area (TPSA) is 69.5 Å². The number of nitrogens with zero attached hydrogens (tertiary/aromatic N) is 4. The van der Waals surface area contributed by atoms with E-state index in [9.17, 15) is 10.1 Å². The van der Waals surface area contributed by atoms with Crippen molar-refractivity contribution in [1.82, 2.24) is 14.8 Å². The van der Waals surface area contributed by atoms with Gasteiger partial charge in [-0.2, -0.15) is 5.26 Å². The average molecular weight is 531 g/mol. The standard InChI is InChI=1S/C31H35ClN4O2/c1-30(2,3)38-29(37)36-17-21-9-10-26-22(18-36)14-31(26,13-21)27-23-11-12-35(16-20-7-5-4-6-8-20)19-25(23)24(15-33)28(32)34-27/h4-8,21H,9-14,16-19H2,1-3H3/t21-,31?/m0/s1. The highest BCUT2D eigenvalue weighted by Crippen LogP contribution is 2.60. The summed E-state index contributed by atoms with van der Waals surface area (Å²) in [6.45, 7) is 9.60. The Labute approximate surface area is 230 Å². The van der Waals surface area contributed by atoms with Crippen LogP contribution < -0.4 is 0 Å². The van der Waals surface area contributed by atoms with Crippen LogP contribution in [-0.2, 0) is 29.7 Å². The van der Waals surface area contributed by atoms with Crippen molar-refractivity contribution in [3.05, 3.63) is 74.6 Å². The van der Waals surface area contributed by atoms with Gasteiger partial charge in [0.2, 0.25) is 0 Å². The third kappa shape index (κ3) is 4.40. The first-order valence-electron chi connectivity index (χ1n) is 13.7. The molecular weight excluding hydrogens is 496 g/mol. The molecule has 1 saturated carbocycles. The maximum Gasteiger partial charge on any atom is 0.410 e. The molecule has 7 heteroatoms. The molecule has 1 unspecified atom stereocenters. The van der Waals surface area contributed by atoms with Crippen molar-refractivity contribution >= 4 is 17.7 Å². The Morgan fingerprint density at radius 1 is 1.21 bits per heavy atom. The molecule has 8 rings (SSSR count). The fourth-order valence-electron chi connectivity index (χ4n) is 7.21. The van der Waals surface area contributed by atoms with Gasteiger partial charge in [0.25, 0.3) is 0 Å². The highest BCUT2D eigenvalue weighted by atomic mass is 35.5. The molecular formula is C31H35ClN4O2. The first-order valence-corrected chi connectivity index (χ1v) is 14.1. The van der Waals surface area contributed by atoms with Crippen molar-refractivity contribution in [2.75, 3.05) is 19.6 Å². The molecule has 6 nitrogen and oxygen atoms in total. The number of pyridine rings is 1. The van der Waals surface area contributed by atoms with Crippen LogP contribution in [0.4, 0.5) is 4.79 Å². The Balaban J connectivity index is 1.34. The number of benzene rings is 1. The van der Waals surface area contributed by atoms with E-state index in [1.807, 2.05) is 31.7 Å². The summed E-state index contributed by atoms with van der Waals surface area (Å²) in [6, 6.07) is 12.8. The minimum Gasteiger partial charge on any atom is -0.444 e. The summed E-state index contributed by atoms with van der Waals surface area (Å²) in [7, 11) is 0. The molecule has 0 N–H and O–H groups in total. The van der Waals surface area contributed by atoms with E-state index >= 15 is 0 Å². The van der Waals surface area contributed by atoms with Crippen LogP contribution in [0.5, 0.6) is 0 Å². The highest BCUT2D eigenvalue weighted by molar-refractivity contribution is 6.30. The van der Waals surface area contributed by atoms with Crippen molar-refractivity contribution in [3.8, 4) is 6.07 Å². The van der Waals surface area contributed by atoms with Crippen LogP contribution in [0.2, 0.25) is 5.15 Å². The van der Waals surface area contributed by atoms with Crippen LogP contribution in [0.3, 0.4) is 0 Å². The second-order valence-corrected chi connectivity index (χ2v) is 12.8. The van der Waals surface area contributed by atoms with Crippen molar-refractivity contribution in [2.45, 2.75) is 77.0 Å². The van der Waals surface area contributed by atoms with Crippen LogP contribution in [0.15, 0.2) is 41.5 Å². The number of nitriles is 1. The number of hydrogen-bond donors (Lipinski definition) is 0. The third-order valence-corrected chi connectivity index (χ3v) is 8.99. The van der Waals surface area contributed by atoms with Gasteiger partial charge in [0.05, 0.1) is 11.3 Å². The fraction of sp³-hybridized carbons (Fsp3) is 0.516. The van der Waals surface area contributed by atoms with Gasteiger partial charge < -0.3 is 9.64 Å². The quantitative estimate of drug-likeness (QED) is 0.351. The van der Waals surface area contributed by atoms with E-state index in [0.29, 0.717) is 36.3 Å². The van der Waals surface area contributed by atoms with Gasteiger partial charge in [-0.1, -0.05) is 47.5 Å². The first-order chi connectivity index (χ1) is 18.2. The lowest BCUT2D eigenvalue weighted by molar-refractivity contribution is 0.0174. The molecule has 1 amide bonds. The second kappa shape index (κ2) is 9.39. The largest absolute Gasteiger partial charge is 0.444 e. The zero-order valence-electron chi connectivity index (χ0n) is 22.5. The summed E-state index contributed by atoms with van der Waals surface area (Å²) in [5.41, 5.74) is 7.38. The molecule has 38 heavy (non-hydrogen) atoms. The van der Waals surface area contributed by atoms with Crippen molar-refractivity contribution < 1.29 is 9.53 Å². The summed E-state index contributed by atoms with van der Waals surface area (Å²) in [5, 5.41) is 10.4. The van der Waals surface area contributed by atoms with Crippen molar-refractivity contribution in [1.29, 1.82) is 5.26 Å². The van der Waals surface area contributed by atoms with Crippen LogP contribution in [0, 0.1) is 17.2 Å². The number of allylic oxidation sites excluding steroid dienone is 1. The molecule has 4 aliphatic heterocycles. The fourth-order valence-corrected chi connectivity index (χ4v) is 7.45. The Hall–Kier alpha value is -2.88. The zero-order valence-corrected chi connectivity index (χ0v) is 23.3. The van der Waals surface area contributed by atoms with Crippen LogP contribution >= 0.6 is 11.6 Å². The molecule has 198 valence electrons. The SMILES string of the molecule is CC(C)(C)OC(=O)N1CC2=C3CC[C@H](C1)CC3(c1nc(Cl)c(C#N)c3c1CCN(Cc1ccccc1)C3)C2. The number of hydrogen-bond acceptors (Lipinski definition) is 5. The number of fused-ring (bicyclic) bond motifs is 2. The molecule has 1 saturated heterocycles. The molecule has 2 aliphatic carbocycles. The van der Waals surface area contributed by atoms with E-state index < -0.39 is 5.60 Å². The number of rotatable bonds is 3. The third-order valence-electron chi connectivity index (χ3n) is 8.71. The molecule has 0 spiro atoms. The van der Waals surface area contributed by atoms with E-state index in [0.717, 1.165) is 56.5 Å². The molecule has 1 aromatic carbocycles. The van der Waals surface area contributed by atoms with E-state index in [2.05, 4.69) is 35.2 Å². The highest BCUT2D eigenvalue weighted by Gasteiger charge is 2.54. The summed E-state index contributed by atoms with van der Waals surface area (Å²) in [5.74, 6) is 0.387. The van der Waals surface area contributed by atoms with Crippen molar-refractivity contribution in [2.24, 2.45) is 5.92 Å². The predicted molar refractivity (Wildman–Crippen MR) is 147 cm³/mol. The summed E-state index contributed by atoms with van der Waals surface area (Å²) < 4.78 is 5.72. The molecule has 0 radical (unpaired) electrons. The van der Waals surface area contributed by atoms with Gasteiger partial charge in [-0.3, -0.25) is 4.90 Å². The number of halogens is 1. The van der Waals surface area contributed by atoms with Gasteiger partial charge in [-0.25, -0.2) is 9.78 Å².